The Kier molecular flexibility index (Phi) is 3.50. The van der Waals surface area contributed by atoms with Crippen LogP contribution in [0.5, 0.6) is 11.5 Å². The first-order valence-corrected chi connectivity index (χ1v) is 5.56. The first kappa shape index (κ1) is 11.3. The Labute approximate surface area is 101 Å². The molecule has 0 bridgehead atoms. The monoisotopic (exact) mass is 228 g/mol. The van der Waals surface area contributed by atoms with Crippen LogP contribution in [0.25, 0.3) is 0 Å². The average Bonchev–Trinajstić information content (AvgIpc) is 2.40. The van der Waals surface area contributed by atoms with Crippen molar-refractivity contribution >= 4 is 11.4 Å². The lowest BCUT2D eigenvalue weighted by molar-refractivity contribution is 0.486. The van der Waals surface area contributed by atoms with E-state index in [-0.39, 0.29) is 0 Å². The van der Waals surface area contributed by atoms with Gasteiger partial charge >= 0.3 is 0 Å². The van der Waals surface area contributed by atoms with E-state index in [0.717, 1.165) is 22.9 Å². The number of ether oxygens (including phenoxy) is 1. The Morgan fingerprint density at radius 3 is 1.53 bits per heavy atom. The standard InChI is InChI=1S/C14H16N2O/c1-15-11-7-3-5-9-13(11)17-14-10-6-4-8-12(14)16-2/h3-10,15-16H,1-2H3. The number of rotatable bonds is 4. The number of nitrogens with one attached hydrogen (secondary N) is 2. The largest absolute Gasteiger partial charge is 0.453 e. The minimum absolute atomic E-state index is 0.817. The zero-order chi connectivity index (χ0) is 12.1. The van der Waals surface area contributed by atoms with Crippen LogP contribution in [0.2, 0.25) is 0 Å². The summed E-state index contributed by atoms with van der Waals surface area (Å²) in [6.07, 6.45) is 0. The summed E-state index contributed by atoms with van der Waals surface area (Å²) in [5.41, 5.74) is 1.94. The van der Waals surface area contributed by atoms with Crippen molar-refractivity contribution in [3.8, 4) is 11.5 Å². The molecular formula is C14H16N2O. The SMILES string of the molecule is CNc1ccccc1Oc1ccccc1NC. The first-order valence-electron chi connectivity index (χ1n) is 5.56. The molecule has 0 saturated heterocycles. The number of para-hydroxylation sites is 4. The van der Waals surface area contributed by atoms with Crippen molar-refractivity contribution in [3.63, 3.8) is 0 Å². The van der Waals surface area contributed by atoms with Crippen LogP contribution in [-0.2, 0) is 0 Å². The van der Waals surface area contributed by atoms with Crippen LogP contribution >= 0.6 is 0 Å². The van der Waals surface area contributed by atoms with E-state index in [1.807, 2.05) is 62.6 Å². The molecule has 0 saturated carbocycles. The molecule has 17 heavy (non-hydrogen) atoms. The highest BCUT2D eigenvalue weighted by molar-refractivity contribution is 5.61. The van der Waals surface area contributed by atoms with Crippen LogP contribution in [0.15, 0.2) is 48.5 Å². The second-order valence-corrected chi connectivity index (χ2v) is 3.59. The summed E-state index contributed by atoms with van der Waals surface area (Å²) < 4.78 is 5.90. The van der Waals surface area contributed by atoms with Gasteiger partial charge in [0.15, 0.2) is 11.5 Å². The minimum atomic E-state index is 0.817. The minimum Gasteiger partial charge on any atom is -0.453 e. The van der Waals surface area contributed by atoms with Crippen LogP contribution in [0.1, 0.15) is 0 Å². The molecule has 0 aliphatic rings. The predicted octanol–water partition coefficient (Wildman–Crippen LogP) is 3.56. The number of anilines is 2. The molecule has 2 rings (SSSR count). The molecule has 0 aliphatic carbocycles. The van der Waals surface area contributed by atoms with Gasteiger partial charge in [-0.25, -0.2) is 0 Å². The quantitative estimate of drug-likeness (QED) is 0.839. The van der Waals surface area contributed by atoms with Gasteiger partial charge in [0.2, 0.25) is 0 Å². The molecular weight excluding hydrogens is 212 g/mol. The molecule has 2 aromatic carbocycles. The third-order valence-corrected chi connectivity index (χ3v) is 2.53. The highest BCUT2D eigenvalue weighted by Gasteiger charge is 2.05. The molecule has 3 nitrogen and oxygen atoms in total. The first-order chi connectivity index (χ1) is 8.35. The molecule has 0 unspecified atom stereocenters. The average molecular weight is 228 g/mol. The van der Waals surface area contributed by atoms with Gasteiger partial charge in [0, 0.05) is 14.1 Å². The Bertz CT molecular complexity index is 452. The summed E-state index contributed by atoms with van der Waals surface area (Å²) in [6, 6.07) is 15.7. The van der Waals surface area contributed by atoms with Crippen LogP contribution < -0.4 is 15.4 Å². The number of hydrogen-bond donors (Lipinski definition) is 2. The van der Waals surface area contributed by atoms with Crippen molar-refractivity contribution < 1.29 is 4.74 Å². The zero-order valence-corrected chi connectivity index (χ0v) is 10.0. The molecule has 0 amide bonds. The maximum Gasteiger partial charge on any atom is 0.150 e. The van der Waals surface area contributed by atoms with Crippen molar-refractivity contribution in [2.24, 2.45) is 0 Å². The second kappa shape index (κ2) is 5.25. The van der Waals surface area contributed by atoms with Crippen LogP contribution in [-0.4, -0.2) is 14.1 Å². The van der Waals surface area contributed by atoms with Crippen molar-refractivity contribution in [3.05, 3.63) is 48.5 Å². The summed E-state index contributed by atoms with van der Waals surface area (Å²) in [7, 11) is 3.76. The Hall–Kier alpha value is -2.16. The smallest absolute Gasteiger partial charge is 0.150 e. The van der Waals surface area contributed by atoms with E-state index in [4.69, 9.17) is 4.74 Å². The van der Waals surface area contributed by atoms with Gasteiger partial charge in [-0.2, -0.15) is 0 Å². The highest BCUT2D eigenvalue weighted by atomic mass is 16.5. The van der Waals surface area contributed by atoms with Gasteiger partial charge < -0.3 is 15.4 Å². The molecule has 3 heteroatoms. The highest BCUT2D eigenvalue weighted by Crippen LogP contribution is 2.32. The Balaban J connectivity index is 2.31. The van der Waals surface area contributed by atoms with E-state index in [0.29, 0.717) is 0 Å². The molecule has 2 N–H and O–H groups in total. The lowest BCUT2D eigenvalue weighted by Crippen LogP contribution is -1.96. The lowest BCUT2D eigenvalue weighted by atomic mass is 10.2. The fourth-order valence-electron chi connectivity index (χ4n) is 1.64. The van der Waals surface area contributed by atoms with E-state index in [1.165, 1.54) is 0 Å². The van der Waals surface area contributed by atoms with E-state index in [2.05, 4.69) is 10.6 Å². The molecule has 0 fully saturated rings. The summed E-state index contributed by atoms with van der Waals surface area (Å²) in [6.45, 7) is 0. The summed E-state index contributed by atoms with van der Waals surface area (Å²) in [4.78, 5) is 0. The topological polar surface area (TPSA) is 33.3 Å². The summed E-state index contributed by atoms with van der Waals surface area (Å²) in [5.74, 6) is 1.63. The molecule has 0 atom stereocenters. The van der Waals surface area contributed by atoms with Crippen LogP contribution in [0.3, 0.4) is 0 Å². The molecule has 0 heterocycles. The van der Waals surface area contributed by atoms with Gasteiger partial charge in [-0.05, 0) is 24.3 Å². The predicted molar refractivity (Wildman–Crippen MR) is 72.1 cm³/mol. The second-order valence-electron chi connectivity index (χ2n) is 3.59. The molecule has 2 aromatic rings. The van der Waals surface area contributed by atoms with Crippen molar-refractivity contribution in [1.29, 1.82) is 0 Å². The lowest BCUT2D eigenvalue weighted by Gasteiger charge is -2.13. The van der Waals surface area contributed by atoms with Gasteiger partial charge in [-0.1, -0.05) is 24.3 Å². The number of benzene rings is 2. The molecule has 0 aliphatic heterocycles. The molecule has 0 aromatic heterocycles. The van der Waals surface area contributed by atoms with E-state index >= 15 is 0 Å². The van der Waals surface area contributed by atoms with Gasteiger partial charge in [-0.15, -0.1) is 0 Å². The molecule has 88 valence electrons. The normalized spacial score (nSPS) is 9.76. The van der Waals surface area contributed by atoms with E-state index < -0.39 is 0 Å². The Morgan fingerprint density at radius 2 is 1.12 bits per heavy atom. The fraction of sp³-hybridized carbons (Fsp3) is 0.143. The third-order valence-electron chi connectivity index (χ3n) is 2.53. The van der Waals surface area contributed by atoms with Crippen molar-refractivity contribution in [1.82, 2.24) is 0 Å². The maximum absolute atomic E-state index is 5.90. The summed E-state index contributed by atoms with van der Waals surface area (Å²) in [5, 5.41) is 6.22. The van der Waals surface area contributed by atoms with Gasteiger partial charge in [0.25, 0.3) is 0 Å². The van der Waals surface area contributed by atoms with Gasteiger partial charge in [0.05, 0.1) is 11.4 Å². The zero-order valence-electron chi connectivity index (χ0n) is 10.0. The third kappa shape index (κ3) is 2.50. The fourth-order valence-corrected chi connectivity index (χ4v) is 1.64. The van der Waals surface area contributed by atoms with Gasteiger partial charge in [0.1, 0.15) is 0 Å². The molecule has 0 spiro atoms. The van der Waals surface area contributed by atoms with Crippen LogP contribution in [0.4, 0.5) is 11.4 Å². The Morgan fingerprint density at radius 1 is 0.706 bits per heavy atom. The van der Waals surface area contributed by atoms with Crippen molar-refractivity contribution in [2.75, 3.05) is 24.7 Å². The maximum atomic E-state index is 5.90. The van der Waals surface area contributed by atoms with Gasteiger partial charge in [-0.3, -0.25) is 0 Å². The van der Waals surface area contributed by atoms with Crippen LogP contribution in [0, 0.1) is 0 Å². The molecule has 0 radical (unpaired) electrons. The van der Waals surface area contributed by atoms with E-state index in [1.54, 1.807) is 0 Å². The van der Waals surface area contributed by atoms with E-state index in [9.17, 15) is 0 Å². The van der Waals surface area contributed by atoms with Crippen molar-refractivity contribution in [2.45, 2.75) is 0 Å². The number of hydrogen-bond acceptors (Lipinski definition) is 3. The summed E-state index contributed by atoms with van der Waals surface area (Å²) >= 11 is 0.